The molecule has 2 nitrogen and oxygen atoms in total. The zero-order valence-corrected chi connectivity index (χ0v) is 11.9. The topological polar surface area (TPSA) is 33.0 Å². The number of benzene rings is 2. The highest BCUT2D eigenvalue weighted by atomic mass is 35.5. The van der Waals surface area contributed by atoms with Gasteiger partial charge in [0.05, 0.1) is 10.6 Å². The number of halogens is 3. The predicted molar refractivity (Wildman–Crippen MR) is 77.3 cm³/mol. The van der Waals surface area contributed by atoms with Gasteiger partial charge in [-0.3, -0.25) is 0 Å². The van der Waals surface area contributed by atoms with Crippen LogP contribution >= 0.6 is 34.8 Å². The summed E-state index contributed by atoms with van der Waals surface area (Å²) in [6.45, 7) is 0. The van der Waals surface area contributed by atoms with Crippen LogP contribution in [0.15, 0.2) is 36.4 Å². The van der Waals surface area contributed by atoms with Crippen LogP contribution in [0.2, 0.25) is 10.0 Å². The monoisotopic (exact) mass is 311 g/mol. The van der Waals surface area contributed by atoms with Gasteiger partial charge in [0.2, 0.25) is 0 Å². The minimum absolute atomic E-state index is 0.340. The molecule has 0 amide bonds. The van der Waals surface area contributed by atoms with Gasteiger partial charge in [-0.1, -0.05) is 29.3 Å². The number of alkyl halides is 1. The average molecular weight is 313 g/mol. The maximum Gasteiger partial charge on any atom is 0.147 e. The molecule has 0 saturated heterocycles. The number of nitriles is 1. The minimum atomic E-state index is 0.340. The van der Waals surface area contributed by atoms with E-state index in [2.05, 4.69) is 6.07 Å². The number of nitrogens with zero attached hydrogens (tertiary/aromatic N) is 1. The van der Waals surface area contributed by atoms with Crippen LogP contribution in [0.25, 0.3) is 0 Å². The van der Waals surface area contributed by atoms with Gasteiger partial charge in [-0.05, 0) is 29.8 Å². The van der Waals surface area contributed by atoms with Crippen LogP contribution in [0.5, 0.6) is 11.5 Å². The highest BCUT2D eigenvalue weighted by Gasteiger charge is 2.09. The maximum atomic E-state index is 9.11. The summed E-state index contributed by atoms with van der Waals surface area (Å²) < 4.78 is 5.63. The molecule has 5 heteroatoms. The van der Waals surface area contributed by atoms with Crippen LogP contribution in [0, 0.1) is 11.3 Å². The van der Waals surface area contributed by atoms with E-state index in [1.807, 2.05) is 0 Å². The molecule has 0 spiro atoms. The van der Waals surface area contributed by atoms with Crippen molar-refractivity contribution in [2.24, 2.45) is 0 Å². The van der Waals surface area contributed by atoms with E-state index in [1.165, 1.54) is 0 Å². The summed E-state index contributed by atoms with van der Waals surface area (Å²) in [5, 5.41) is 10.0. The molecule has 0 aliphatic carbocycles. The van der Waals surface area contributed by atoms with Crippen LogP contribution in [0.4, 0.5) is 0 Å². The zero-order chi connectivity index (χ0) is 13.8. The van der Waals surface area contributed by atoms with Crippen LogP contribution in [0.3, 0.4) is 0 Å². The molecular formula is C14H8Cl3NO. The number of hydrogen-bond donors (Lipinski definition) is 0. The quantitative estimate of drug-likeness (QED) is 0.711. The molecule has 0 bridgehead atoms. The molecule has 0 radical (unpaired) electrons. The second kappa shape index (κ2) is 6.16. The van der Waals surface area contributed by atoms with Crippen molar-refractivity contribution < 1.29 is 4.74 Å². The van der Waals surface area contributed by atoms with E-state index in [9.17, 15) is 0 Å². The molecule has 19 heavy (non-hydrogen) atoms. The highest BCUT2D eigenvalue weighted by Crippen LogP contribution is 2.33. The molecule has 2 aromatic rings. The summed E-state index contributed by atoms with van der Waals surface area (Å²) >= 11 is 17.6. The number of ether oxygens (including phenoxy) is 1. The molecule has 0 fully saturated rings. The summed E-state index contributed by atoms with van der Waals surface area (Å²) in [5.41, 5.74) is 1.25. The first-order chi connectivity index (χ1) is 9.13. The highest BCUT2D eigenvalue weighted by molar-refractivity contribution is 6.34. The third kappa shape index (κ3) is 3.33. The van der Waals surface area contributed by atoms with Crippen molar-refractivity contribution in [2.75, 3.05) is 0 Å². The molecule has 0 unspecified atom stereocenters. The Kier molecular flexibility index (Phi) is 4.55. The minimum Gasteiger partial charge on any atom is -0.454 e. The van der Waals surface area contributed by atoms with Crippen LogP contribution in [-0.4, -0.2) is 0 Å². The normalized spacial score (nSPS) is 10.0. The molecule has 0 N–H and O–H groups in total. The third-order valence-electron chi connectivity index (χ3n) is 2.43. The Hall–Kier alpha value is -1.40. The van der Waals surface area contributed by atoms with E-state index in [0.29, 0.717) is 33.0 Å². The van der Waals surface area contributed by atoms with Gasteiger partial charge in [-0.25, -0.2) is 0 Å². The fourth-order valence-electron chi connectivity index (χ4n) is 1.51. The number of rotatable bonds is 3. The van der Waals surface area contributed by atoms with E-state index in [1.54, 1.807) is 36.4 Å². The van der Waals surface area contributed by atoms with Crippen molar-refractivity contribution in [3.8, 4) is 17.6 Å². The van der Waals surface area contributed by atoms with E-state index in [4.69, 9.17) is 44.8 Å². The van der Waals surface area contributed by atoms with Gasteiger partial charge in [0.15, 0.2) is 0 Å². The SMILES string of the molecule is N#Cc1cc(CCl)ccc1Oc1cc(Cl)ccc1Cl. The standard InChI is InChI=1S/C14H8Cl3NO/c15-7-9-1-4-13(10(5-9)8-18)19-14-6-11(16)2-3-12(14)17/h1-6H,7H2. The second-order valence-electron chi connectivity index (χ2n) is 3.75. The molecule has 0 aliphatic heterocycles. The second-order valence-corrected chi connectivity index (χ2v) is 4.86. The third-order valence-corrected chi connectivity index (χ3v) is 3.29. The Morgan fingerprint density at radius 3 is 2.53 bits per heavy atom. The van der Waals surface area contributed by atoms with Crippen molar-refractivity contribution in [3.05, 3.63) is 57.6 Å². The van der Waals surface area contributed by atoms with Crippen LogP contribution in [-0.2, 0) is 5.88 Å². The van der Waals surface area contributed by atoms with Crippen molar-refractivity contribution in [1.29, 1.82) is 5.26 Å². The number of hydrogen-bond acceptors (Lipinski definition) is 2. The Morgan fingerprint density at radius 2 is 1.84 bits per heavy atom. The summed E-state index contributed by atoms with van der Waals surface area (Å²) in [5.74, 6) is 1.16. The van der Waals surface area contributed by atoms with E-state index in [-0.39, 0.29) is 0 Å². The Balaban J connectivity index is 2.38. The van der Waals surface area contributed by atoms with Gasteiger partial charge >= 0.3 is 0 Å². The lowest BCUT2D eigenvalue weighted by atomic mass is 10.1. The van der Waals surface area contributed by atoms with Crippen molar-refractivity contribution in [3.63, 3.8) is 0 Å². The van der Waals surface area contributed by atoms with Crippen LogP contribution in [0.1, 0.15) is 11.1 Å². The van der Waals surface area contributed by atoms with Crippen molar-refractivity contribution in [2.45, 2.75) is 5.88 Å². The first kappa shape index (κ1) is 14.0. The Bertz CT molecular complexity index is 650. The molecular weight excluding hydrogens is 305 g/mol. The van der Waals surface area contributed by atoms with Crippen LogP contribution < -0.4 is 4.74 Å². The summed E-state index contributed by atoms with van der Waals surface area (Å²) in [7, 11) is 0. The fraction of sp³-hybridized carbons (Fsp3) is 0.0714. The maximum absolute atomic E-state index is 9.11. The molecule has 0 aromatic heterocycles. The van der Waals surface area contributed by atoms with E-state index in [0.717, 1.165) is 5.56 Å². The molecule has 0 heterocycles. The lowest BCUT2D eigenvalue weighted by Gasteiger charge is -2.10. The van der Waals surface area contributed by atoms with Gasteiger partial charge in [0, 0.05) is 17.0 Å². The van der Waals surface area contributed by atoms with Crippen molar-refractivity contribution >= 4 is 34.8 Å². The first-order valence-corrected chi connectivity index (χ1v) is 6.65. The molecule has 0 atom stereocenters. The average Bonchev–Trinajstić information content (AvgIpc) is 2.43. The molecule has 2 aromatic carbocycles. The summed E-state index contributed by atoms with van der Waals surface area (Å²) in [4.78, 5) is 0. The van der Waals surface area contributed by atoms with E-state index >= 15 is 0 Å². The Morgan fingerprint density at radius 1 is 1.05 bits per heavy atom. The largest absolute Gasteiger partial charge is 0.454 e. The molecule has 96 valence electrons. The lowest BCUT2D eigenvalue weighted by molar-refractivity contribution is 0.481. The zero-order valence-electron chi connectivity index (χ0n) is 9.66. The molecule has 0 aliphatic rings. The first-order valence-electron chi connectivity index (χ1n) is 5.36. The predicted octanol–water partition coefficient (Wildman–Crippen LogP) is 5.40. The summed E-state index contributed by atoms with van der Waals surface area (Å²) in [6, 6.07) is 12.1. The lowest BCUT2D eigenvalue weighted by Crippen LogP contribution is -1.91. The molecule has 2 rings (SSSR count). The Labute approximate surface area is 126 Å². The van der Waals surface area contributed by atoms with Gasteiger partial charge in [0.25, 0.3) is 0 Å². The van der Waals surface area contributed by atoms with E-state index < -0.39 is 0 Å². The fourth-order valence-corrected chi connectivity index (χ4v) is 1.99. The van der Waals surface area contributed by atoms with Gasteiger partial charge in [-0.15, -0.1) is 11.6 Å². The van der Waals surface area contributed by atoms with Crippen molar-refractivity contribution in [1.82, 2.24) is 0 Å². The smallest absolute Gasteiger partial charge is 0.147 e. The summed E-state index contributed by atoms with van der Waals surface area (Å²) in [6.07, 6.45) is 0. The van der Waals surface area contributed by atoms with Gasteiger partial charge in [0.1, 0.15) is 17.6 Å². The van der Waals surface area contributed by atoms with Gasteiger partial charge in [-0.2, -0.15) is 5.26 Å². The van der Waals surface area contributed by atoms with Gasteiger partial charge < -0.3 is 4.74 Å². The molecule has 0 saturated carbocycles.